The molecule has 2 atom stereocenters. The normalized spacial score (nSPS) is 28.8. The first kappa shape index (κ1) is 14.9. The van der Waals surface area contributed by atoms with Gasteiger partial charge in [0.05, 0.1) is 6.61 Å². The minimum atomic E-state index is -2.01. The average Bonchev–Trinajstić information content (AvgIpc) is 2.26. The maximum atomic E-state index is 12.0. The average molecular weight is 261 g/mol. The smallest absolute Gasteiger partial charge is 0.352 e. The highest BCUT2D eigenvalue weighted by Crippen LogP contribution is 2.21. The first-order chi connectivity index (χ1) is 8.21. The van der Waals surface area contributed by atoms with Gasteiger partial charge in [0.15, 0.2) is 0 Å². The summed E-state index contributed by atoms with van der Waals surface area (Å²) in [5.74, 6) is -2.29. The van der Waals surface area contributed by atoms with Crippen molar-refractivity contribution in [3.8, 4) is 0 Å². The molecule has 0 aromatic rings. The number of carboxylic acid groups (broad SMARTS) is 1. The Morgan fingerprint density at radius 2 is 2.06 bits per heavy atom. The maximum absolute atomic E-state index is 12.0. The van der Waals surface area contributed by atoms with Crippen LogP contribution < -0.4 is 5.32 Å². The summed E-state index contributed by atoms with van der Waals surface area (Å²) in [6.45, 7) is 4.75. The zero-order valence-corrected chi connectivity index (χ0v) is 11.0. The molecule has 2 N–H and O–H groups in total. The number of carbonyl (C=O) groups is 2. The van der Waals surface area contributed by atoms with Crippen molar-refractivity contribution in [2.24, 2.45) is 0 Å². The molecule has 1 aliphatic heterocycles. The summed E-state index contributed by atoms with van der Waals surface area (Å²) in [6, 6.07) is 0. The highest BCUT2D eigenvalue weighted by Gasteiger charge is 2.53. The van der Waals surface area contributed by atoms with E-state index in [4.69, 9.17) is 14.2 Å². The Bertz CT molecular complexity index is 327. The van der Waals surface area contributed by atoms with Gasteiger partial charge < -0.3 is 19.3 Å². The van der Waals surface area contributed by atoms with E-state index in [9.17, 15) is 14.7 Å². The molecule has 2 unspecified atom stereocenters. The van der Waals surface area contributed by atoms with Crippen molar-refractivity contribution >= 4 is 11.9 Å². The Labute approximate surface area is 105 Å². The Hall–Kier alpha value is -1.18. The molecule has 0 aliphatic carbocycles. The number of hydrogen-bond donors (Lipinski definition) is 2. The topological polar surface area (TPSA) is 94.1 Å². The molecule has 1 heterocycles. The van der Waals surface area contributed by atoms with Crippen LogP contribution in [0.25, 0.3) is 0 Å². The molecule has 0 bridgehead atoms. The highest BCUT2D eigenvalue weighted by atomic mass is 16.6. The minimum absolute atomic E-state index is 0.0396. The van der Waals surface area contributed by atoms with Gasteiger partial charge in [-0.2, -0.15) is 0 Å². The number of carbonyl (C=O) groups excluding carboxylic acids is 1. The van der Waals surface area contributed by atoms with E-state index in [0.717, 1.165) is 0 Å². The summed E-state index contributed by atoms with van der Waals surface area (Å²) in [7, 11) is 1.46. The van der Waals surface area contributed by atoms with E-state index in [0.29, 0.717) is 0 Å². The lowest BCUT2D eigenvalue weighted by molar-refractivity contribution is -0.207. The first-order valence-corrected chi connectivity index (χ1v) is 5.58. The van der Waals surface area contributed by atoms with Crippen molar-refractivity contribution in [3.63, 3.8) is 0 Å². The van der Waals surface area contributed by atoms with Gasteiger partial charge >= 0.3 is 11.9 Å². The second-order valence-electron chi connectivity index (χ2n) is 5.05. The molecule has 1 fully saturated rings. The quantitative estimate of drug-likeness (QED) is 0.534. The van der Waals surface area contributed by atoms with Gasteiger partial charge in [-0.15, -0.1) is 0 Å². The molecule has 0 aromatic heterocycles. The third-order valence-electron chi connectivity index (χ3n) is 2.42. The van der Waals surface area contributed by atoms with Crippen LogP contribution in [0.15, 0.2) is 0 Å². The monoisotopic (exact) mass is 261 g/mol. The van der Waals surface area contributed by atoms with Gasteiger partial charge in [0.1, 0.15) is 11.8 Å². The zero-order chi connectivity index (χ0) is 14.0. The lowest BCUT2D eigenvalue weighted by atomic mass is 10.0. The zero-order valence-electron chi connectivity index (χ0n) is 11.0. The van der Waals surface area contributed by atoms with Crippen LogP contribution in [-0.2, 0) is 23.8 Å². The number of rotatable bonds is 3. The predicted molar refractivity (Wildman–Crippen MR) is 61.0 cm³/mol. The molecule has 7 heteroatoms. The molecule has 0 radical (unpaired) electrons. The van der Waals surface area contributed by atoms with Gasteiger partial charge in [0, 0.05) is 13.7 Å². The Kier molecular flexibility index (Phi) is 4.31. The molecule has 0 spiro atoms. The maximum Gasteiger partial charge on any atom is 0.352 e. The van der Waals surface area contributed by atoms with Gasteiger partial charge in [-0.3, -0.25) is 5.32 Å². The fourth-order valence-corrected chi connectivity index (χ4v) is 1.45. The van der Waals surface area contributed by atoms with Crippen LogP contribution in [-0.4, -0.2) is 54.7 Å². The van der Waals surface area contributed by atoms with Crippen molar-refractivity contribution in [3.05, 3.63) is 0 Å². The fraction of sp³-hybridized carbons (Fsp3) is 0.818. The van der Waals surface area contributed by atoms with Crippen LogP contribution in [0.2, 0.25) is 0 Å². The molecular weight excluding hydrogens is 242 g/mol. The lowest BCUT2D eigenvalue weighted by Gasteiger charge is -2.36. The van der Waals surface area contributed by atoms with Crippen molar-refractivity contribution in [2.45, 2.75) is 38.2 Å². The molecule has 18 heavy (non-hydrogen) atoms. The van der Waals surface area contributed by atoms with E-state index >= 15 is 0 Å². The van der Waals surface area contributed by atoms with Crippen LogP contribution in [0.4, 0.5) is 0 Å². The number of carboxylic acids is 1. The summed E-state index contributed by atoms with van der Waals surface area (Å²) in [5, 5.41) is 12.0. The summed E-state index contributed by atoms with van der Waals surface area (Å²) in [6.07, 6.45) is -0.431. The van der Waals surface area contributed by atoms with Crippen LogP contribution >= 0.6 is 0 Å². The molecule has 0 amide bonds. The second kappa shape index (κ2) is 5.21. The third kappa shape index (κ3) is 3.18. The van der Waals surface area contributed by atoms with Gasteiger partial charge in [-0.25, -0.2) is 9.59 Å². The standard InChI is InChI=1S/C11H19NO6/c1-10(2,3)18-9(15)11(8(13)14)6-12-7(16-4)5-17-11/h7,12H,5-6H2,1-4H3,(H,13,14). The van der Waals surface area contributed by atoms with Crippen molar-refractivity contribution < 1.29 is 28.9 Å². The molecule has 1 rings (SSSR count). The molecule has 104 valence electrons. The van der Waals surface area contributed by atoms with Crippen molar-refractivity contribution in [2.75, 3.05) is 20.3 Å². The highest BCUT2D eigenvalue weighted by molar-refractivity contribution is 6.03. The summed E-state index contributed by atoms with van der Waals surface area (Å²) in [4.78, 5) is 23.3. The van der Waals surface area contributed by atoms with Gasteiger partial charge in [0.25, 0.3) is 5.60 Å². The summed E-state index contributed by atoms with van der Waals surface area (Å²) >= 11 is 0. The van der Waals surface area contributed by atoms with E-state index in [2.05, 4.69) is 5.32 Å². The number of methoxy groups -OCH3 is 1. The molecular formula is C11H19NO6. The van der Waals surface area contributed by atoms with Crippen molar-refractivity contribution in [1.82, 2.24) is 5.32 Å². The largest absolute Gasteiger partial charge is 0.479 e. The number of morpholine rings is 1. The van der Waals surface area contributed by atoms with E-state index < -0.39 is 29.4 Å². The van der Waals surface area contributed by atoms with Crippen molar-refractivity contribution in [1.29, 1.82) is 0 Å². The number of ether oxygens (including phenoxy) is 3. The Balaban J connectivity index is 2.83. The predicted octanol–water partition coefficient (Wildman–Crippen LogP) is -0.256. The van der Waals surface area contributed by atoms with Gasteiger partial charge in [-0.05, 0) is 20.8 Å². The van der Waals surface area contributed by atoms with E-state index in [-0.39, 0.29) is 13.2 Å². The van der Waals surface area contributed by atoms with Crippen LogP contribution in [0.5, 0.6) is 0 Å². The summed E-state index contributed by atoms with van der Waals surface area (Å²) in [5.41, 5.74) is -2.79. The Morgan fingerprint density at radius 1 is 1.44 bits per heavy atom. The van der Waals surface area contributed by atoms with E-state index in [1.165, 1.54) is 7.11 Å². The molecule has 0 saturated carbocycles. The number of hydrogen-bond acceptors (Lipinski definition) is 6. The molecule has 1 saturated heterocycles. The van der Waals surface area contributed by atoms with E-state index in [1.807, 2.05) is 0 Å². The molecule has 7 nitrogen and oxygen atoms in total. The van der Waals surface area contributed by atoms with Crippen LogP contribution in [0, 0.1) is 0 Å². The Morgan fingerprint density at radius 3 is 2.39 bits per heavy atom. The summed E-state index contributed by atoms with van der Waals surface area (Å²) < 4.78 is 15.2. The lowest BCUT2D eigenvalue weighted by Crippen LogP contribution is -2.64. The third-order valence-corrected chi connectivity index (χ3v) is 2.42. The minimum Gasteiger partial charge on any atom is -0.479 e. The second-order valence-corrected chi connectivity index (χ2v) is 5.05. The van der Waals surface area contributed by atoms with Gasteiger partial charge in [-0.1, -0.05) is 0 Å². The number of nitrogens with one attached hydrogen (secondary N) is 1. The fourth-order valence-electron chi connectivity index (χ4n) is 1.45. The van der Waals surface area contributed by atoms with E-state index in [1.54, 1.807) is 20.8 Å². The number of aliphatic carboxylic acids is 1. The SMILES string of the molecule is COC1COC(C(=O)O)(C(=O)OC(C)(C)C)CN1. The van der Waals surface area contributed by atoms with Crippen LogP contribution in [0.3, 0.4) is 0 Å². The van der Waals surface area contributed by atoms with Gasteiger partial charge in [0.2, 0.25) is 0 Å². The number of esters is 1. The van der Waals surface area contributed by atoms with Crippen LogP contribution in [0.1, 0.15) is 20.8 Å². The molecule has 0 aromatic carbocycles. The molecule has 1 aliphatic rings. The first-order valence-electron chi connectivity index (χ1n) is 5.58.